The van der Waals surface area contributed by atoms with Gasteiger partial charge in [0.15, 0.2) is 0 Å². The number of hydrogen-bond donors (Lipinski definition) is 3. The lowest BCUT2D eigenvalue weighted by Gasteiger charge is -2.10. The van der Waals surface area contributed by atoms with E-state index < -0.39 is 6.10 Å². The third kappa shape index (κ3) is 2.32. The summed E-state index contributed by atoms with van der Waals surface area (Å²) in [6.45, 7) is 0.811. The van der Waals surface area contributed by atoms with E-state index in [0.29, 0.717) is 0 Å². The van der Waals surface area contributed by atoms with E-state index in [0.717, 1.165) is 17.8 Å². The van der Waals surface area contributed by atoms with Crippen molar-refractivity contribution in [2.24, 2.45) is 0 Å². The molecular weight excluding hydrogens is 200 g/mol. The number of nitrogens with one attached hydrogen (secondary N) is 2. The van der Waals surface area contributed by atoms with Crippen LogP contribution in [0.2, 0.25) is 0 Å². The van der Waals surface area contributed by atoms with Gasteiger partial charge < -0.3 is 15.4 Å². The Labute approximate surface area is 95.1 Å². The average molecular weight is 216 g/mol. The Morgan fingerprint density at radius 2 is 2.19 bits per heavy atom. The Morgan fingerprint density at radius 3 is 2.88 bits per heavy atom. The molecule has 0 saturated carbocycles. The van der Waals surface area contributed by atoms with Gasteiger partial charge in [0, 0.05) is 18.4 Å². The van der Waals surface area contributed by atoms with Crippen LogP contribution in [0.5, 0.6) is 0 Å². The summed E-state index contributed by atoms with van der Waals surface area (Å²) in [4.78, 5) is 3.02. The molecule has 1 atom stereocenters. The molecule has 0 saturated heterocycles. The minimum Gasteiger partial charge on any atom is -0.382 e. The highest BCUT2D eigenvalue weighted by Gasteiger charge is 2.10. The van der Waals surface area contributed by atoms with Crippen molar-refractivity contribution in [3.63, 3.8) is 0 Å². The zero-order chi connectivity index (χ0) is 11.4. The van der Waals surface area contributed by atoms with Crippen LogP contribution in [0.25, 0.3) is 0 Å². The summed E-state index contributed by atoms with van der Waals surface area (Å²) in [5.41, 5.74) is 2.91. The van der Waals surface area contributed by atoms with Crippen LogP contribution in [0, 0.1) is 0 Å². The molecule has 2 aromatic rings. The molecule has 3 N–H and O–H groups in total. The summed E-state index contributed by atoms with van der Waals surface area (Å²) in [5, 5.41) is 13.2. The van der Waals surface area contributed by atoms with Crippen molar-refractivity contribution in [1.29, 1.82) is 0 Å². The summed E-state index contributed by atoms with van der Waals surface area (Å²) in [5.74, 6) is 0. The molecular formula is C13H16N2O. The van der Waals surface area contributed by atoms with Crippen molar-refractivity contribution >= 4 is 0 Å². The van der Waals surface area contributed by atoms with E-state index in [-0.39, 0.29) is 0 Å². The molecule has 0 aliphatic rings. The van der Waals surface area contributed by atoms with Crippen LogP contribution in [0.4, 0.5) is 0 Å². The van der Waals surface area contributed by atoms with Crippen LogP contribution in [0.15, 0.2) is 42.6 Å². The van der Waals surface area contributed by atoms with E-state index in [2.05, 4.69) is 10.3 Å². The summed E-state index contributed by atoms with van der Waals surface area (Å²) < 4.78 is 0. The van der Waals surface area contributed by atoms with Crippen LogP contribution in [0.3, 0.4) is 0 Å². The minimum absolute atomic E-state index is 0.577. The molecule has 1 heterocycles. The lowest BCUT2D eigenvalue weighted by atomic mass is 10.0. The van der Waals surface area contributed by atoms with E-state index in [9.17, 15) is 5.11 Å². The summed E-state index contributed by atoms with van der Waals surface area (Å²) in [6, 6.07) is 11.7. The first-order valence-electron chi connectivity index (χ1n) is 5.36. The highest BCUT2D eigenvalue weighted by Crippen LogP contribution is 2.20. The molecule has 0 bridgehead atoms. The van der Waals surface area contributed by atoms with Crippen molar-refractivity contribution in [2.45, 2.75) is 12.6 Å². The topological polar surface area (TPSA) is 48.0 Å². The van der Waals surface area contributed by atoms with Gasteiger partial charge in [0.1, 0.15) is 6.10 Å². The van der Waals surface area contributed by atoms with Crippen LogP contribution in [0.1, 0.15) is 22.9 Å². The Kier molecular flexibility index (Phi) is 3.39. The van der Waals surface area contributed by atoms with Crippen molar-refractivity contribution in [2.75, 3.05) is 7.05 Å². The largest absolute Gasteiger partial charge is 0.382 e. The maximum absolute atomic E-state index is 10.1. The summed E-state index contributed by atoms with van der Waals surface area (Å²) in [7, 11) is 1.91. The predicted molar refractivity (Wildman–Crippen MR) is 64.1 cm³/mol. The molecule has 3 heteroatoms. The molecule has 0 aliphatic heterocycles. The van der Waals surface area contributed by atoms with Gasteiger partial charge in [-0.3, -0.25) is 0 Å². The molecule has 2 rings (SSSR count). The van der Waals surface area contributed by atoms with Gasteiger partial charge in [0.25, 0.3) is 0 Å². The van der Waals surface area contributed by atoms with Crippen LogP contribution in [-0.2, 0) is 6.54 Å². The first-order chi connectivity index (χ1) is 7.81. The highest BCUT2D eigenvalue weighted by atomic mass is 16.3. The number of aliphatic hydroxyl groups is 1. The number of aromatic nitrogens is 1. The fourth-order valence-electron chi connectivity index (χ4n) is 1.77. The molecule has 0 spiro atoms. The lowest BCUT2D eigenvalue weighted by Crippen LogP contribution is -2.06. The number of aromatic amines is 1. The van der Waals surface area contributed by atoms with Gasteiger partial charge in [-0.2, -0.15) is 0 Å². The van der Waals surface area contributed by atoms with Gasteiger partial charge in [-0.05, 0) is 30.3 Å². The fourth-order valence-corrected chi connectivity index (χ4v) is 1.77. The number of H-pyrrole nitrogens is 1. The molecule has 1 aromatic heterocycles. The van der Waals surface area contributed by atoms with Gasteiger partial charge in [0.2, 0.25) is 0 Å². The summed E-state index contributed by atoms with van der Waals surface area (Å²) in [6.07, 6.45) is 1.24. The van der Waals surface area contributed by atoms with Crippen LogP contribution in [-0.4, -0.2) is 17.1 Å². The SMILES string of the molecule is CNCc1cccc(C(O)c2ccc[nH]2)c1. The summed E-state index contributed by atoms with van der Waals surface area (Å²) >= 11 is 0. The van der Waals surface area contributed by atoms with Crippen LogP contribution >= 0.6 is 0 Å². The number of benzene rings is 1. The van der Waals surface area contributed by atoms with Crippen molar-refractivity contribution in [3.8, 4) is 0 Å². The Morgan fingerprint density at radius 1 is 1.31 bits per heavy atom. The maximum Gasteiger partial charge on any atom is 0.119 e. The molecule has 16 heavy (non-hydrogen) atoms. The molecule has 3 nitrogen and oxygen atoms in total. The zero-order valence-corrected chi connectivity index (χ0v) is 9.27. The molecule has 1 aromatic carbocycles. The van der Waals surface area contributed by atoms with E-state index in [4.69, 9.17) is 0 Å². The quantitative estimate of drug-likeness (QED) is 0.730. The van der Waals surface area contributed by atoms with E-state index in [1.165, 1.54) is 5.56 Å². The normalized spacial score (nSPS) is 12.6. The third-order valence-corrected chi connectivity index (χ3v) is 2.56. The predicted octanol–water partition coefficient (Wildman–Crippen LogP) is 1.82. The molecule has 84 valence electrons. The average Bonchev–Trinajstić information content (AvgIpc) is 2.82. The zero-order valence-electron chi connectivity index (χ0n) is 9.27. The number of rotatable bonds is 4. The van der Waals surface area contributed by atoms with E-state index in [1.807, 2.05) is 49.6 Å². The van der Waals surface area contributed by atoms with Crippen molar-refractivity contribution in [3.05, 3.63) is 59.4 Å². The second kappa shape index (κ2) is 4.96. The van der Waals surface area contributed by atoms with Gasteiger partial charge >= 0.3 is 0 Å². The van der Waals surface area contributed by atoms with Gasteiger partial charge in [0.05, 0.1) is 0 Å². The van der Waals surface area contributed by atoms with E-state index >= 15 is 0 Å². The second-order valence-corrected chi connectivity index (χ2v) is 3.80. The molecule has 0 aliphatic carbocycles. The smallest absolute Gasteiger partial charge is 0.119 e. The first-order valence-corrected chi connectivity index (χ1v) is 5.36. The van der Waals surface area contributed by atoms with Gasteiger partial charge in [-0.15, -0.1) is 0 Å². The van der Waals surface area contributed by atoms with Crippen molar-refractivity contribution in [1.82, 2.24) is 10.3 Å². The minimum atomic E-state index is -0.577. The standard InChI is InChI=1S/C13H16N2O/c1-14-9-10-4-2-5-11(8-10)13(16)12-6-3-7-15-12/h2-8,13-16H,9H2,1H3. The number of aliphatic hydroxyl groups excluding tert-OH is 1. The fraction of sp³-hybridized carbons (Fsp3) is 0.231. The molecule has 0 amide bonds. The Balaban J connectivity index is 2.23. The van der Waals surface area contributed by atoms with Crippen molar-refractivity contribution < 1.29 is 5.11 Å². The highest BCUT2D eigenvalue weighted by molar-refractivity contribution is 5.30. The molecule has 0 radical (unpaired) electrons. The molecule has 0 fully saturated rings. The van der Waals surface area contributed by atoms with Gasteiger partial charge in [-0.1, -0.05) is 24.3 Å². The first kappa shape index (κ1) is 10.9. The van der Waals surface area contributed by atoms with E-state index in [1.54, 1.807) is 0 Å². The monoisotopic (exact) mass is 216 g/mol. The lowest BCUT2D eigenvalue weighted by molar-refractivity contribution is 0.216. The van der Waals surface area contributed by atoms with Crippen LogP contribution < -0.4 is 5.32 Å². The van der Waals surface area contributed by atoms with Gasteiger partial charge in [-0.25, -0.2) is 0 Å². The second-order valence-electron chi connectivity index (χ2n) is 3.80. The Bertz CT molecular complexity index is 437. The maximum atomic E-state index is 10.1. The molecule has 1 unspecified atom stereocenters. The Hall–Kier alpha value is -1.58. The number of hydrogen-bond acceptors (Lipinski definition) is 2. The third-order valence-electron chi connectivity index (χ3n) is 2.56.